The standard InChI is InChI=1S/C22H26N6O/c29-21(8-11-28-20-6-2-1-4-16(20)14-25-28)27-10-3-5-17(15-27)22-24-13-18-12-23-9-7-19(18)26-22/h1-2,4,6,13-14,17,23H,3,5,7-12,15H2. The van der Waals surface area contributed by atoms with E-state index in [0.717, 1.165) is 62.2 Å². The van der Waals surface area contributed by atoms with Crippen molar-refractivity contribution in [3.63, 3.8) is 0 Å². The van der Waals surface area contributed by atoms with Gasteiger partial charge in [-0.05, 0) is 18.9 Å². The van der Waals surface area contributed by atoms with Gasteiger partial charge in [-0.1, -0.05) is 18.2 Å². The Hall–Kier alpha value is -2.80. The van der Waals surface area contributed by atoms with Crippen LogP contribution < -0.4 is 5.32 Å². The van der Waals surface area contributed by atoms with E-state index in [4.69, 9.17) is 4.98 Å². The Labute approximate surface area is 170 Å². The van der Waals surface area contributed by atoms with E-state index in [1.165, 1.54) is 11.3 Å². The molecule has 0 saturated carbocycles. The summed E-state index contributed by atoms with van der Waals surface area (Å²) < 4.78 is 1.93. The molecule has 7 heteroatoms. The Bertz CT molecular complexity index is 1030. The molecule has 4 heterocycles. The summed E-state index contributed by atoms with van der Waals surface area (Å²) in [7, 11) is 0. The Morgan fingerprint density at radius 2 is 2.17 bits per heavy atom. The number of nitrogens with zero attached hydrogens (tertiary/aromatic N) is 5. The number of rotatable bonds is 4. The SMILES string of the molecule is O=C(CCn1ncc2ccccc21)N1CCCC(c2ncc3c(n2)CCNC3)C1. The molecule has 5 rings (SSSR count). The lowest BCUT2D eigenvalue weighted by Crippen LogP contribution is -2.40. The fraction of sp³-hybridized carbons (Fsp3) is 0.455. The molecule has 3 aromatic rings. The summed E-state index contributed by atoms with van der Waals surface area (Å²) in [5.74, 6) is 1.33. The first-order chi connectivity index (χ1) is 14.3. The summed E-state index contributed by atoms with van der Waals surface area (Å²) >= 11 is 0. The van der Waals surface area contributed by atoms with Gasteiger partial charge in [0.05, 0.1) is 18.3 Å². The Morgan fingerprint density at radius 1 is 1.24 bits per heavy atom. The quantitative estimate of drug-likeness (QED) is 0.740. The first-order valence-corrected chi connectivity index (χ1v) is 10.5. The third-order valence-electron chi connectivity index (χ3n) is 6.05. The number of aryl methyl sites for hydroxylation is 1. The van der Waals surface area contributed by atoms with Gasteiger partial charge in [0.25, 0.3) is 0 Å². The molecule has 1 atom stereocenters. The van der Waals surface area contributed by atoms with Crippen molar-refractivity contribution in [2.75, 3.05) is 19.6 Å². The number of hydrogen-bond acceptors (Lipinski definition) is 5. The number of likely N-dealkylation sites (tertiary alicyclic amines) is 1. The van der Waals surface area contributed by atoms with Crippen molar-refractivity contribution >= 4 is 16.8 Å². The monoisotopic (exact) mass is 390 g/mol. The van der Waals surface area contributed by atoms with E-state index in [0.29, 0.717) is 13.0 Å². The van der Waals surface area contributed by atoms with Crippen molar-refractivity contribution in [3.05, 3.63) is 53.7 Å². The zero-order valence-electron chi connectivity index (χ0n) is 16.5. The fourth-order valence-electron chi connectivity index (χ4n) is 4.43. The number of hydrogen-bond donors (Lipinski definition) is 1. The van der Waals surface area contributed by atoms with Crippen molar-refractivity contribution in [1.29, 1.82) is 0 Å². The highest BCUT2D eigenvalue weighted by Gasteiger charge is 2.27. The molecule has 0 aliphatic carbocycles. The lowest BCUT2D eigenvalue weighted by Gasteiger charge is -2.32. The van der Waals surface area contributed by atoms with Crippen molar-refractivity contribution < 1.29 is 4.79 Å². The highest BCUT2D eigenvalue weighted by atomic mass is 16.2. The summed E-state index contributed by atoms with van der Waals surface area (Å²) in [4.78, 5) is 24.3. The van der Waals surface area contributed by atoms with Gasteiger partial charge in [0, 0.05) is 67.8 Å². The van der Waals surface area contributed by atoms with Crippen LogP contribution in [0.25, 0.3) is 10.9 Å². The Kier molecular flexibility index (Phi) is 4.97. The van der Waals surface area contributed by atoms with Crippen LogP contribution in [0.2, 0.25) is 0 Å². The van der Waals surface area contributed by atoms with Crippen LogP contribution in [0.15, 0.2) is 36.7 Å². The molecule has 29 heavy (non-hydrogen) atoms. The van der Waals surface area contributed by atoms with Crippen molar-refractivity contribution in [2.24, 2.45) is 0 Å². The van der Waals surface area contributed by atoms with Crippen molar-refractivity contribution in [3.8, 4) is 0 Å². The summed E-state index contributed by atoms with van der Waals surface area (Å²) in [6.45, 7) is 3.98. The van der Waals surface area contributed by atoms with Gasteiger partial charge in [-0.2, -0.15) is 5.10 Å². The summed E-state index contributed by atoms with van der Waals surface area (Å²) in [5.41, 5.74) is 3.45. The normalized spacial score (nSPS) is 19.3. The van der Waals surface area contributed by atoms with Gasteiger partial charge in [-0.15, -0.1) is 0 Å². The molecule has 2 aliphatic rings. The van der Waals surface area contributed by atoms with Crippen LogP contribution in [-0.2, 0) is 24.3 Å². The van der Waals surface area contributed by atoms with Gasteiger partial charge in [0.1, 0.15) is 5.82 Å². The van der Waals surface area contributed by atoms with E-state index in [1.54, 1.807) is 0 Å². The third-order valence-corrected chi connectivity index (χ3v) is 6.05. The number of benzene rings is 1. The second-order valence-electron chi connectivity index (χ2n) is 7.98. The molecular weight excluding hydrogens is 364 g/mol. The maximum Gasteiger partial charge on any atom is 0.224 e. The molecule has 0 bridgehead atoms. The largest absolute Gasteiger partial charge is 0.342 e. The predicted molar refractivity (Wildman–Crippen MR) is 110 cm³/mol. The number of para-hydroxylation sites is 1. The van der Waals surface area contributed by atoms with E-state index in [1.807, 2.05) is 46.2 Å². The van der Waals surface area contributed by atoms with Crippen LogP contribution in [0, 0.1) is 0 Å². The molecule has 0 spiro atoms. The topological polar surface area (TPSA) is 75.9 Å². The average molecular weight is 390 g/mol. The average Bonchev–Trinajstić information content (AvgIpc) is 3.20. The van der Waals surface area contributed by atoms with Gasteiger partial charge < -0.3 is 10.2 Å². The number of amides is 1. The van der Waals surface area contributed by atoms with Gasteiger partial charge in [-0.25, -0.2) is 9.97 Å². The molecule has 2 aliphatic heterocycles. The second-order valence-corrected chi connectivity index (χ2v) is 7.98. The van der Waals surface area contributed by atoms with Crippen LogP contribution in [0.5, 0.6) is 0 Å². The molecular formula is C22H26N6O. The van der Waals surface area contributed by atoms with E-state index >= 15 is 0 Å². The third kappa shape index (κ3) is 3.74. The molecule has 1 unspecified atom stereocenters. The smallest absolute Gasteiger partial charge is 0.224 e. The number of carbonyl (C=O) groups is 1. The second kappa shape index (κ2) is 7.91. The molecule has 7 nitrogen and oxygen atoms in total. The van der Waals surface area contributed by atoms with Gasteiger partial charge in [-0.3, -0.25) is 9.48 Å². The molecule has 2 aromatic heterocycles. The molecule has 150 valence electrons. The maximum atomic E-state index is 12.9. The van der Waals surface area contributed by atoms with E-state index in [-0.39, 0.29) is 11.8 Å². The first kappa shape index (κ1) is 18.2. The zero-order chi connectivity index (χ0) is 19.6. The van der Waals surface area contributed by atoms with Gasteiger partial charge >= 0.3 is 0 Å². The highest BCUT2D eigenvalue weighted by molar-refractivity contribution is 5.79. The minimum absolute atomic E-state index is 0.191. The highest BCUT2D eigenvalue weighted by Crippen LogP contribution is 2.26. The van der Waals surface area contributed by atoms with E-state index in [2.05, 4.69) is 15.4 Å². The molecule has 1 fully saturated rings. The summed E-state index contributed by atoms with van der Waals surface area (Å²) in [5, 5.41) is 8.90. The maximum absolute atomic E-state index is 12.9. The molecule has 1 saturated heterocycles. The first-order valence-electron chi connectivity index (χ1n) is 10.5. The minimum Gasteiger partial charge on any atom is -0.342 e. The Balaban J connectivity index is 1.24. The number of aromatic nitrogens is 4. The van der Waals surface area contributed by atoms with Crippen LogP contribution in [0.4, 0.5) is 0 Å². The Morgan fingerprint density at radius 3 is 3.14 bits per heavy atom. The zero-order valence-corrected chi connectivity index (χ0v) is 16.5. The molecule has 1 aromatic carbocycles. The molecule has 1 amide bonds. The van der Waals surface area contributed by atoms with Crippen molar-refractivity contribution in [1.82, 2.24) is 30.0 Å². The van der Waals surface area contributed by atoms with Crippen LogP contribution in [-0.4, -0.2) is 50.2 Å². The summed E-state index contributed by atoms with van der Waals surface area (Å²) in [6.07, 6.45) is 7.30. The lowest BCUT2D eigenvalue weighted by atomic mass is 9.96. The van der Waals surface area contributed by atoms with Crippen LogP contribution in [0.3, 0.4) is 0 Å². The summed E-state index contributed by atoms with van der Waals surface area (Å²) in [6, 6.07) is 8.11. The van der Waals surface area contributed by atoms with E-state index < -0.39 is 0 Å². The van der Waals surface area contributed by atoms with Crippen LogP contribution >= 0.6 is 0 Å². The minimum atomic E-state index is 0.191. The molecule has 0 radical (unpaired) electrons. The van der Waals surface area contributed by atoms with Crippen LogP contribution in [0.1, 0.15) is 42.3 Å². The van der Waals surface area contributed by atoms with Gasteiger partial charge in [0.15, 0.2) is 0 Å². The number of carbonyl (C=O) groups excluding carboxylic acids is 1. The predicted octanol–water partition coefficient (Wildman–Crippen LogP) is 2.27. The van der Waals surface area contributed by atoms with E-state index in [9.17, 15) is 4.79 Å². The van der Waals surface area contributed by atoms with Gasteiger partial charge in [0.2, 0.25) is 5.91 Å². The number of nitrogens with one attached hydrogen (secondary N) is 1. The molecule has 1 N–H and O–H groups in total. The van der Waals surface area contributed by atoms with Crippen molar-refractivity contribution in [2.45, 2.75) is 44.7 Å². The fourth-order valence-corrected chi connectivity index (χ4v) is 4.43. The number of fused-ring (bicyclic) bond motifs is 2. The number of piperidine rings is 1. The lowest BCUT2D eigenvalue weighted by molar-refractivity contribution is -0.132.